The summed E-state index contributed by atoms with van der Waals surface area (Å²) in [6.07, 6.45) is 5.39. The normalized spacial score (nSPS) is 18.9. The summed E-state index contributed by atoms with van der Waals surface area (Å²) < 4.78 is 7.15. The largest absolute Gasteiger partial charge is 0.444 e. The van der Waals surface area contributed by atoms with E-state index in [1.54, 1.807) is 15.8 Å². The average molecular weight is 291 g/mol. The zero-order valence-electron chi connectivity index (χ0n) is 13.2. The number of amides is 1. The predicted octanol–water partition coefficient (Wildman–Crippen LogP) is 2.66. The second-order valence-electron chi connectivity index (χ2n) is 6.44. The van der Waals surface area contributed by atoms with E-state index >= 15 is 0 Å². The molecule has 1 aliphatic rings. The van der Waals surface area contributed by atoms with E-state index in [0.717, 1.165) is 24.9 Å². The van der Waals surface area contributed by atoms with Crippen LogP contribution >= 0.6 is 0 Å². The zero-order chi connectivity index (χ0) is 15.5. The Balaban J connectivity index is 0.00000242. The van der Waals surface area contributed by atoms with Gasteiger partial charge in [-0.3, -0.25) is 4.68 Å². The van der Waals surface area contributed by atoms with Gasteiger partial charge in [0.2, 0.25) is 0 Å². The predicted molar refractivity (Wildman–Crippen MR) is 82.7 cm³/mol. The van der Waals surface area contributed by atoms with Gasteiger partial charge in [0.05, 0.1) is 11.8 Å². The van der Waals surface area contributed by atoms with Crippen LogP contribution in [-0.4, -0.2) is 39.5 Å². The lowest BCUT2D eigenvalue weighted by Crippen LogP contribution is -2.42. The van der Waals surface area contributed by atoms with Crippen LogP contribution in [0.2, 0.25) is 0 Å². The van der Waals surface area contributed by atoms with Crippen molar-refractivity contribution < 1.29 is 11.0 Å². The van der Waals surface area contributed by atoms with Crippen molar-refractivity contribution in [1.29, 1.82) is 0 Å². The Morgan fingerprint density at radius 1 is 1.52 bits per heavy atom. The van der Waals surface area contributed by atoms with Crippen molar-refractivity contribution in [3.05, 3.63) is 18.0 Å². The SMILES string of the molecule is Cn1cc(C#CC2CCCN(C(=O)OC(C)(C)C)C2)cn1.[HH]. The number of aryl methyl sites for hydroxylation is 1. The highest BCUT2D eigenvalue weighted by Gasteiger charge is 2.26. The van der Waals surface area contributed by atoms with Gasteiger partial charge in [0.25, 0.3) is 0 Å². The summed E-state index contributed by atoms with van der Waals surface area (Å²) in [6, 6.07) is 0. The minimum absolute atomic E-state index is 0. The molecular formula is C16H25N3O2. The molecule has 0 spiro atoms. The van der Waals surface area contributed by atoms with Crippen LogP contribution in [0.3, 0.4) is 0 Å². The van der Waals surface area contributed by atoms with Gasteiger partial charge in [-0.1, -0.05) is 11.8 Å². The van der Waals surface area contributed by atoms with Gasteiger partial charge in [0.1, 0.15) is 5.60 Å². The molecule has 2 rings (SSSR count). The van der Waals surface area contributed by atoms with Crippen LogP contribution in [0.5, 0.6) is 0 Å². The Morgan fingerprint density at radius 3 is 2.90 bits per heavy atom. The van der Waals surface area contributed by atoms with Gasteiger partial charge in [-0.15, -0.1) is 0 Å². The molecule has 1 fully saturated rings. The number of ether oxygens (including phenoxy) is 1. The Bertz CT molecular complexity index is 566. The maximum Gasteiger partial charge on any atom is 0.410 e. The maximum absolute atomic E-state index is 12.1. The summed E-state index contributed by atoms with van der Waals surface area (Å²) in [4.78, 5) is 13.8. The monoisotopic (exact) mass is 291 g/mol. The van der Waals surface area contributed by atoms with Gasteiger partial charge in [-0.25, -0.2) is 4.79 Å². The van der Waals surface area contributed by atoms with Gasteiger partial charge < -0.3 is 9.64 Å². The van der Waals surface area contributed by atoms with Crippen LogP contribution in [-0.2, 0) is 11.8 Å². The van der Waals surface area contributed by atoms with E-state index in [9.17, 15) is 4.79 Å². The van der Waals surface area contributed by atoms with Gasteiger partial charge >= 0.3 is 6.09 Å². The van der Waals surface area contributed by atoms with Crippen LogP contribution < -0.4 is 0 Å². The van der Waals surface area contributed by atoms with E-state index in [2.05, 4.69) is 16.9 Å². The first-order valence-electron chi connectivity index (χ1n) is 7.31. The van der Waals surface area contributed by atoms with Gasteiger partial charge in [-0.2, -0.15) is 5.10 Å². The van der Waals surface area contributed by atoms with E-state index in [1.165, 1.54) is 0 Å². The number of piperidine rings is 1. The smallest absolute Gasteiger partial charge is 0.410 e. The molecule has 0 radical (unpaired) electrons. The van der Waals surface area contributed by atoms with Crippen molar-refractivity contribution in [3.63, 3.8) is 0 Å². The lowest BCUT2D eigenvalue weighted by molar-refractivity contribution is 0.0190. The molecule has 0 aliphatic carbocycles. The summed E-state index contributed by atoms with van der Waals surface area (Å²) >= 11 is 0. The summed E-state index contributed by atoms with van der Waals surface area (Å²) in [7, 11) is 1.87. The molecule has 1 atom stereocenters. The zero-order valence-corrected chi connectivity index (χ0v) is 13.2. The number of carbonyl (C=O) groups excluding carboxylic acids is 1. The fraction of sp³-hybridized carbons (Fsp3) is 0.625. The highest BCUT2D eigenvalue weighted by atomic mass is 16.6. The third-order valence-electron chi connectivity index (χ3n) is 3.20. The topological polar surface area (TPSA) is 47.4 Å². The number of hydrogen-bond donors (Lipinski definition) is 0. The molecule has 5 heteroatoms. The fourth-order valence-corrected chi connectivity index (χ4v) is 2.26. The van der Waals surface area contributed by atoms with E-state index in [-0.39, 0.29) is 13.4 Å². The number of likely N-dealkylation sites (tertiary alicyclic amines) is 1. The molecular weight excluding hydrogens is 266 g/mol. The fourth-order valence-electron chi connectivity index (χ4n) is 2.26. The number of aromatic nitrogens is 2. The third-order valence-corrected chi connectivity index (χ3v) is 3.20. The molecule has 1 unspecified atom stereocenters. The minimum atomic E-state index is -0.453. The Labute approximate surface area is 127 Å². The maximum atomic E-state index is 12.1. The molecule has 1 amide bonds. The van der Waals surface area contributed by atoms with Crippen LogP contribution in [0.1, 0.15) is 40.6 Å². The summed E-state index contributed by atoms with van der Waals surface area (Å²) in [5.41, 5.74) is 0.456. The van der Waals surface area contributed by atoms with Crippen molar-refractivity contribution in [2.24, 2.45) is 13.0 Å². The molecule has 1 aromatic heterocycles. The van der Waals surface area contributed by atoms with Crippen LogP contribution in [0.4, 0.5) is 4.79 Å². The molecule has 0 N–H and O–H groups in total. The van der Waals surface area contributed by atoms with Gasteiger partial charge in [0, 0.05) is 33.7 Å². The van der Waals surface area contributed by atoms with Crippen molar-refractivity contribution in [2.45, 2.75) is 39.2 Å². The van der Waals surface area contributed by atoms with Crippen molar-refractivity contribution in [3.8, 4) is 11.8 Å². The number of carbonyl (C=O) groups is 1. The lowest BCUT2D eigenvalue weighted by atomic mass is 9.99. The highest BCUT2D eigenvalue weighted by Crippen LogP contribution is 2.18. The molecule has 1 aliphatic heterocycles. The number of nitrogens with zero attached hydrogens (tertiary/aromatic N) is 3. The number of hydrogen-bond acceptors (Lipinski definition) is 3. The third kappa shape index (κ3) is 4.82. The second-order valence-corrected chi connectivity index (χ2v) is 6.44. The molecule has 0 aromatic carbocycles. The summed E-state index contributed by atoms with van der Waals surface area (Å²) in [5.74, 6) is 6.58. The van der Waals surface area contributed by atoms with E-state index in [4.69, 9.17) is 4.74 Å². The van der Waals surface area contributed by atoms with Crippen LogP contribution in [0.25, 0.3) is 0 Å². The summed E-state index contributed by atoms with van der Waals surface area (Å²) in [5, 5.41) is 4.09. The Hall–Kier alpha value is -1.96. The van der Waals surface area contributed by atoms with Crippen molar-refractivity contribution >= 4 is 6.09 Å². The molecule has 0 saturated carbocycles. The van der Waals surface area contributed by atoms with E-state index in [1.807, 2.05) is 34.0 Å². The molecule has 0 bridgehead atoms. The lowest BCUT2D eigenvalue weighted by Gasteiger charge is -2.32. The van der Waals surface area contributed by atoms with Crippen LogP contribution in [0.15, 0.2) is 12.4 Å². The van der Waals surface area contributed by atoms with Crippen LogP contribution in [0, 0.1) is 17.8 Å². The van der Waals surface area contributed by atoms with E-state index < -0.39 is 5.60 Å². The molecule has 1 aromatic rings. The number of rotatable bonds is 0. The second kappa shape index (κ2) is 6.21. The summed E-state index contributed by atoms with van der Waals surface area (Å²) in [6.45, 7) is 7.04. The van der Waals surface area contributed by atoms with Gasteiger partial charge in [0.15, 0.2) is 0 Å². The Morgan fingerprint density at radius 2 is 2.29 bits per heavy atom. The first-order chi connectivity index (χ1) is 9.83. The molecule has 2 heterocycles. The average Bonchev–Trinajstić information content (AvgIpc) is 2.81. The Kier molecular flexibility index (Phi) is 4.56. The minimum Gasteiger partial charge on any atom is -0.444 e. The van der Waals surface area contributed by atoms with E-state index in [0.29, 0.717) is 6.54 Å². The van der Waals surface area contributed by atoms with Crippen molar-refractivity contribution in [1.82, 2.24) is 14.7 Å². The quantitative estimate of drug-likeness (QED) is 0.690. The van der Waals surface area contributed by atoms with Gasteiger partial charge in [-0.05, 0) is 33.6 Å². The molecule has 1 saturated heterocycles. The standard InChI is InChI=1S/C16H23N3O2.H2/c1-16(2,3)21-15(20)19-9-5-6-13(12-19)7-8-14-10-17-18(4)11-14;/h10-11,13H,5-6,9,12H2,1-4H3;1H. The first kappa shape index (κ1) is 15.4. The highest BCUT2D eigenvalue weighted by molar-refractivity contribution is 5.68. The molecule has 116 valence electrons. The first-order valence-corrected chi connectivity index (χ1v) is 7.31. The molecule has 21 heavy (non-hydrogen) atoms. The molecule has 5 nitrogen and oxygen atoms in total. The van der Waals surface area contributed by atoms with Crippen molar-refractivity contribution in [2.75, 3.05) is 13.1 Å².